The van der Waals surface area contributed by atoms with Crippen molar-refractivity contribution < 1.29 is 15.0 Å². The molecular formula is C26H32N2O3. The summed E-state index contributed by atoms with van der Waals surface area (Å²) in [5.74, 6) is 0.955. The van der Waals surface area contributed by atoms with E-state index in [-0.39, 0.29) is 17.7 Å². The summed E-state index contributed by atoms with van der Waals surface area (Å²) in [5.41, 5.74) is 0.314. The second kappa shape index (κ2) is 7.95. The minimum atomic E-state index is -0.859. The van der Waals surface area contributed by atoms with Gasteiger partial charge in [0.15, 0.2) is 0 Å². The van der Waals surface area contributed by atoms with Crippen LogP contribution < -0.4 is 5.32 Å². The molecule has 0 spiro atoms. The molecule has 1 amide bonds. The number of carbonyl (C=O) groups is 1. The van der Waals surface area contributed by atoms with E-state index in [1.165, 1.54) is 12.8 Å². The lowest BCUT2D eigenvalue weighted by Crippen LogP contribution is -2.67. The Balaban J connectivity index is 1.42. The minimum Gasteiger partial charge on any atom is -0.508 e. The number of β-amino-alcohol motifs (C(OH)–C–C–N with tert-alkyl or cyclic N) is 1. The van der Waals surface area contributed by atoms with Crippen LogP contribution in [-0.2, 0) is 5.41 Å². The van der Waals surface area contributed by atoms with Crippen molar-refractivity contribution in [1.82, 2.24) is 10.2 Å². The minimum absolute atomic E-state index is 0.00897. The third-order valence-corrected chi connectivity index (χ3v) is 7.72. The molecule has 3 unspecified atom stereocenters. The average molecular weight is 421 g/mol. The average Bonchev–Trinajstić information content (AvgIpc) is 3.58. The molecule has 3 aliphatic rings. The van der Waals surface area contributed by atoms with Crippen LogP contribution in [-0.4, -0.2) is 52.3 Å². The number of aliphatic hydroxyl groups is 1. The fraction of sp³-hybridized carbons (Fsp3) is 0.500. The number of fused-ring (bicyclic) bond motifs is 1. The number of rotatable bonds is 5. The number of hydrogen-bond donors (Lipinski definition) is 3. The lowest BCUT2D eigenvalue weighted by Gasteiger charge is -2.58. The quantitative estimate of drug-likeness (QED) is 0.693. The first-order valence-corrected chi connectivity index (χ1v) is 11.6. The largest absolute Gasteiger partial charge is 0.508 e. The number of hydrogen-bond acceptors (Lipinski definition) is 4. The lowest BCUT2D eigenvalue weighted by atomic mass is 9.55. The molecule has 0 radical (unpaired) electrons. The number of benzene rings is 2. The van der Waals surface area contributed by atoms with E-state index in [1.54, 1.807) is 6.07 Å². The molecule has 3 atom stereocenters. The smallest absolute Gasteiger partial charge is 0.251 e. The van der Waals surface area contributed by atoms with E-state index >= 15 is 0 Å². The summed E-state index contributed by atoms with van der Waals surface area (Å²) in [6.07, 6.45) is 5.52. The van der Waals surface area contributed by atoms with Crippen LogP contribution in [0.15, 0.2) is 54.6 Å². The summed E-state index contributed by atoms with van der Waals surface area (Å²) >= 11 is 0. The molecule has 2 saturated carbocycles. The van der Waals surface area contributed by atoms with Crippen LogP contribution in [0.25, 0.3) is 0 Å². The molecule has 0 aromatic heterocycles. The Morgan fingerprint density at radius 3 is 2.61 bits per heavy atom. The van der Waals surface area contributed by atoms with Gasteiger partial charge in [-0.3, -0.25) is 4.79 Å². The molecule has 2 aromatic carbocycles. The number of nitrogens with one attached hydrogen (secondary N) is 1. The highest BCUT2D eigenvalue weighted by Gasteiger charge is 2.57. The maximum atomic E-state index is 12.8. The van der Waals surface area contributed by atoms with Crippen molar-refractivity contribution in [3.63, 3.8) is 0 Å². The highest BCUT2D eigenvalue weighted by Crippen LogP contribution is 2.52. The first kappa shape index (κ1) is 20.5. The fourth-order valence-corrected chi connectivity index (χ4v) is 5.87. The predicted molar refractivity (Wildman–Crippen MR) is 120 cm³/mol. The van der Waals surface area contributed by atoms with Crippen LogP contribution in [0.5, 0.6) is 5.75 Å². The molecule has 5 heteroatoms. The molecule has 2 aliphatic carbocycles. The molecule has 1 aliphatic heterocycles. The summed E-state index contributed by atoms with van der Waals surface area (Å²) < 4.78 is 0. The zero-order valence-corrected chi connectivity index (χ0v) is 18.0. The van der Waals surface area contributed by atoms with Crippen LogP contribution in [0.3, 0.4) is 0 Å². The number of nitrogens with zero attached hydrogens (tertiary/aromatic N) is 1. The highest BCUT2D eigenvalue weighted by atomic mass is 16.3. The van der Waals surface area contributed by atoms with Crippen LogP contribution in [0.1, 0.15) is 54.4 Å². The Bertz CT molecular complexity index is 945. The maximum Gasteiger partial charge on any atom is 0.251 e. The van der Waals surface area contributed by atoms with E-state index in [4.69, 9.17) is 0 Å². The van der Waals surface area contributed by atoms with E-state index in [1.807, 2.05) is 48.5 Å². The van der Waals surface area contributed by atoms with Gasteiger partial charge in [-0.1, -0.05) is 30.3 Å². The van der Waals surface area contributed by atoms with Gasteiger partial charge in [0.2, 0.25) is 0 Å². The van der Waals surface area contributed by atoms with Gasteiger partial charge in [0.25, 0.3) is 5.91 Å². The van der Waals surface area contributed by atoms with Crippen LogP contribution >= 0.6 is 0 Å². The number of phenolic OH excluding ortho intramolecular Hbond substituents is 1. The Labute approximate surface area is 184 Å². The molecule has 31 heavy (non-hydrogen) atoms. The topological polar surface area (TPSA) is 72.8 Å². The number of carbonyl (C=O) groups excluding carboxylic acids is 1. The normalized spacial score (nSPS) is 31.1. The number of phenols is 1. The maximum absolute atomic E-state index is 12.8. The van der Waals surface area contributed by atoms with E-state index in [0.717, 1.165) is 37.4 Å². The molecule has 5 nitrogen and oxygen atoms in total. The summed E-state index contributed by atoms with van der Waals surface area (Å²) in [4.78, 5) is 15.2. The Morgan fingerprint density at radius 1 is 1.06 bits per heavy atom. The van der Waals surface area contributed by atoms with Gasteiger partial charge >= 0.3 is 0 Å². The van der Waals surface area contributed by atoms with Gasteiger partial charge in [-0.05, 0) is 80.8 Å². The predicted octanol–water partition coefficient (Wildman–Crippen LogP) is 3.46. The summed E-state index contributed by atoms with van der Waals surface area (Å²) in [7, 11) is 0. The zero-order valence-electron chi connectivity index (χ0n) is 18.0. The molecular weight excluding hydrogens is 388 g/mol. The van der Waals surface area contributed by atoms with E-state index in [2.05, 4.69) is 10.2 Å². The van der Waals surface area contributed by atoms with Crippen molar-refractivity contribution in [1.29, 1.82) is 0 Å². The molecule has 1 heterocycles. The van der Waals surface area contributed by atoms with Crippen molar-refractivity contribution in [2.75, 3.05) is 19.6 Å². The van der Waals surface area contributed by atoms with Crippen molar-refractivity contribution >= 4 is 5.91 Å². The van der Waals surface area contributed by atoms with Gasteiger partial charge in [-0.25, -0.2) is 0 Å². The van der Waals surface area contributed by atoms with Crippen molar-refractivity contribution in [3.05, 3.63) is 65.7 Å². The summed E-state index contributed by atoms with van der Waals surface area (Å²) in [6, 6.07) is 16.7. The number of likely N-dealkylation sites (tertiary alicyclic amines) is 1. The second-order valence-corrected chi connectivity index (χ2v) is 9.87. The van der Waals surface area contributed by atoms with Crippen molar-refractivity contribution in [2.24, 2.45) is 5.92 Å². The van der Waals surface area contributed by atoms with Crippen LogP contribution in [0, 0.1) is 5.92 Å². The molecule has 3 fully saturated rings. The SMILES string of the molecule is O=C(NC1CCC2(O)CN(CC3CC3)CCC2(c2cccc(O)c2)C1)c1ccccc1. The van der Waals surface area contributed by atoms with Gasteiger partial charge in [0.1, 0.15) is 5.75 Å². The van der Waals surface area contributed by atoms with Gasteiger partial charge in [0.05, 0.1) is 5.60 Å². The molecule has 2 aromatic rings. The van der Waals surface area contributed by atoms with Crippen molar-refractivity contribution in [3.8, 4) is 5.75 Å². The molecule has 1 saturated heterocycles. The third-order valence-electron chi connectivity index (χ3n) is 7.72. The van der Waals surface area contributed by atoms with Crippen LogP contribution in [0.4, 0.5) is 0 Å². The molecule has 5 rings (SSSR count). The lowest BCUT2D eigenvalue weighted by molar-refractivity contribution is -0.126. The summed E-state index contributed by atoms with van der Waals surface area (Å²) in [5, 5.41) is 25.4. The Morgan fingerprint density at radius 2 is 1.87 bits per heavy atom. The zero-order chi connectivity index (χ0) is 21.5. The van der Waals surface area contributed by atoms with Gasteiger partial charge in [-0.2, -0.15) is 0 Å². The van der Waals surface area contributed by atoms with Gasteiger partial charge in [0, 0.05) is 30.1 Å². The Kier molecular flexibility index (Phi) is 5.27. The summed E-state index contributed by atoms with van der Waals surface area (Å²) in [6.45, 7) is 2.68. The molecule has 164 valence electrons. The number of aromatic hydroxyl groups is 1. The standard InChI is InChI=1S/C26H32N2O3/c29-23-8-4-7-21(15-23)25-13-14-28(17-19-9-10-19)18-26(25,31)12-11-22(16-25)27-24(30)20-5-2-1-3-6-20/h1-8,15,19,22,29,31H,9-14,16-18H2,(H,27,30). The van der Waals surface area contributed by atoms with E-state index in [0.29, 0.717) is 24.9 Å². The number of piperidine rings is 1. The first-order valence-electron chi connectivity index (χ1n) is 11.6. The Hall–Kier alpha value is -2.37. The first-order chi connectivity index (χ1) is 15.0. The van der Waals surface area contributed by atoms with Gasteiger partial charge < -0.3 is 20.4 Å². The van der Waals surface area contributed by atoms with Crippen molar-refractivity contribution in [2.45, 2.75) is 55.6 Å². The van der Waals surface area contributed by atoms with Crippen LogP contribution in [0.2, 0.25) is 0 Å². The third kappa shape index (κ3) is 3.97. The van der Waals surface area contributed by atoms with Gasteiger partial charge in [-0.15, -0.1) is 0 Å². The monoisotopic (exact) mass is 420 g/mol. The molecule has 3 N–H and O–H groups in total. The second-order valence-electron chi connectivity index (χ2n) is 9.87. The number of amides is 1. The highest BCUT2D eigenvalue weighted by molar-refractivity contribution is 5.94. The fourth-order valence-electron chi connectivity index (χ4n) is 5.87. The molecule has 0 bridgehead atoms. The van der Waals surface area contributed by atoms with E-state index in [9.17, 15) is 15.0 Å². The van der Waals surface area contributed by atoms with E-state index < -0.39 is 11.0 Å².